The lowest BCUT2D eigenvalue weighted by Crippen LogP contribution is -2.51. The van der Waals surface area contributed by atoms with E-state index >= 15 is 4.39 Å². The second kappa shape index (κ2) is 14.5. The van der Waals surface area contributed by atoms with Gasteiger partial charge in [0.15, 0.2) is 5.82 Å². The lowest BCUT2D eigenvalue weighted by molar-refractivity contribution is -0.164. The maximum atomic E-state index is 16.3. The molecule has 4 aromatic rings. The largest absolute Gasteiger partial charge is 0.447 e. The standard InChI is InChI=1S/C37H35ClF4N8O3/c1-35(2,3)16-17-44-33-47-30(39)31-45-21-46-50(31)28-18-26(12-13-27(28)38)29(20-53-34(52)48-36(14-15-36)37(40,41)42)49(33)32(51)25-10-8-24(9-11-25)23-6-4-22(19-43)5-7-23/h4-13,18,21,29-30H,14-17,20H2,1-3H3,(H,44,47)(H,48,52)/t29-,30?/m1/s1. The third kappa shape index (κ3) is 8.12. The Hall–Kier alpha value is -5.49. The molecule has 2 bridgehead atoms. The number of nitrogens with one attached hydrogen (secondary N) is 2. The molecule has 2 N–H and O–H groups in total. The average molecular weight is 751 g/mol. The van der Waals surface area contributed by atoms with Gasteiger partial charge in [0.1, 0.15) is 18.5 Å². The van der Waals surface area contributed by atoms with Crippen molar-refractivity contribution in [2.75, 3.05) is 13.2 Å². The number of alkyl halides is 4. The lowest BCUT2D eigenvalue weighted by Gasteiger charge is -2.34. The minimum Gasteiger partial charge on any atom is -0.447 e. The van der Waals surface area contributed by atoms with Crippen molar-refractivity contribution in [1.29, 1.82) is 5.26 Å². The van der Waals surface area contributed by atoms with Gasteiger partial charge in [0.2, 0.25) is 5.96 Å². The molecule has 3 aromatic carbocycles. The Bertz CT molecular complexity index is 2070. The molecule has 1 unspecified atom stereocenters. The summed E-state index contributed by atoms with van der Waals surface area (Å²) < 4.78 is 64.0. The minimum absolute atomic E-state index is 0.140. The van der Waals surface area contributed by atoms with Crippen molar-refractivity contribution >= 4 is 29.6 Å². The summed E-state index contributed by atoms with van der Waals surface area (Å²) in [6.45, 7) is 5.58. The molecule has 1 aromatic heterocycles. The van der Waals surface area contributed by atoms with Gasteiger partial charge in [-0.15, -0.1) is 0 Å². The van der Waals surface area contributed by atoms with Crippen molar-refractivity contribution < 1.29 is 31.9 Å². The predicted octanol–water partition coefficient (Wildman–Crippen LogP) is 7.83. The number of aliphatic imine (C=N–C) groups is 1. The minimum atomic E-state index is -4.69. The van der Waals surface area contributed by atoms with Gasteiger partial charge < -0.3 is 15.4 Å². The number of hydrogen-bond acceptors (Lipinski definition) is 8. The molecule has 53 heavy (non-hydrogen) atoms. The Kier molecular flexibility index (Phi) is 10.2. The van der Waals surface area contributed by atoms with Crippen molar-refractivity contribution in [3.63, 3.8) is 0 Å². The molecule has 1 aliphatic carbocycles. The maximum Gasteiger partial charge on any atom is 0.411 e. The van der Waals surface area contributed by atoms with Gasteiger partial charge in [-0.2, -0.15) is 23.5 Å². The number of carbonyl (C=O) groups is 2. The molecule has 0 radical (unpaired) electrons. The summed E-state index contributed by atoms with van der Waals surface area (Å²) in [5.41, 5.74) is 0.0746. The third-order valence-electron chi connectivity index (χ3n) is 9.01. The SMILES string of the molecule is CC(C)(C)CCN/C1=N\C(F)c2ncnn2-c2cc(ccc2Cl)[C@@H](COC(=O)NC2(C(F)(F)F)CC2)N1C(=O)c1ccc(-c2ccc(C#N)cc2)cc1. The molecule has 0 saturated heterocycles. The first-order valence-corrected chi connectivity index (χ1v) is 17.1. The van der Waals surface area contributed by atoms with Crippen LogP contribution in [0.1, 0.15) is 79.7 Å². The number of benzene rings is 3. The molecular weight excluding hydrogens is 716 g/mol. The third-order valence-corrected chi connectivity index (χ3v) is 9.33. The van der Waals surface area contributed by atoms with Crippen LogP contribution in [0.5, 0.6) is 0 Å². The molecular formula is C37H35ClF4N8O3. The number of amides is 2. The fourth-order valence-corrected chi connectivity index (χ4v) is 5.98. The number of hydrogen-bond donors (Lipinski definition) is 2. The lowest BCUT2D eigenvalue weighted by atomic mass is 9.92. The predicted molar refractivity (Wildman–Crippen MR) is 188 cm³/mol. The molecule has 2 atom stereocenters. The zero-order valence-electron chi connectivity index (χ0n) is 28.9. The number of guanidine groups is 1. The van der Waals surface area contributed by atoms with Crippen LogP contribution >= 0.6 is 11.6 Å². The first-order valence-electron chi connectivity index (χ1n) is 16.7. The van der Waals surface area contributed by atoms with Crippen LogP contribution in [0.2, 0.25) is 5.02 Å². The van der Waals surface area contributed by atoms with Crippen molar-refractivity contribution in [2.24, 2.45) is 10.4 Å². The summed E-state index contributed by atoms with van der Waals surface area (Å²) in [4.78, 5) is 37.2. The van der Waals surface area contributed by atoms with E-state index in [1.807, 2.05) is 26.1 Å². The van der Waals surface area contributed by atoms with E-state index in [0.29, 0.717) is 17.5 Å². The summed E-state index contributed by atoms with van der Waals surface area (Å²) in [5.74, 6) is -1.15. The van der Waals surface area contributed by atoms with E-state index in [1.54, 1.807) is 54.6 Å². The summed E-state index contributed by atoms with van der Waals surface area (Å²) in [6.07, 6.45) is -7.12. The van der Waals surface area contributed by atoms with Crippen LogP contribution in [0.3, 0.4) is 0 Å². The zero-order valence-corrected chi connectivity index (χ0v) is 29.7. The fraction of sp³-hybridized carbons (Fsp3) is 0.351. The van der Waals surface area contributed by atoms with Gasteiger partial charge in [-0.1, -0.05) is 62.7 Å². The van der Waals surface area contributed by atoms with Crippen LogP contribution < -0.4 is 10.6 Å². The molecule has 1 fully saturated rings. The highest BCUT2D eigenvalue weighted by molar-refractivity contribution is 6.32. The number of carbonyl (C=O) groups excluding carboxylic acids is 2. The first kappa shape index (κ1) is 37.3. The van der Waals surface area contributed by atoms with Crippen molar-refractivity contribution in [3.05, 3.63) is 101 Å². The van der Waals surface area contributed by atoms with Crippen LogP contribution in [-0.2, 0) is 4.74 Å². The number of alkyl carbamates (subject to hydrolysis) is 1. The van der Waals surface area contributed by atoms with E-state index < -0.39 is 42.7 Å². The maximum absolute atomic E-state index is 16.3. The average Bonchev–Trinajstić information content (AvgIpc) is 3.75. The van der Waals surface area contributed by atoms with Crippen LogP contribution in [0.15, 0.2) is 78.0 Å². The quantitative estimate of drug-likeness (QED) is 0.145. The Morgan fingerprint density at radius 1 is 1.04 bits per heavy atom. The molecule has 1 aliphatic heterocycles. The van der Waals surface area contributed by atoms with E-state index in [-0.39, 0.29) is 52.9 Å². The topological polar surface area (TPSA) is 138 Å². The number of halogens is 5. The molecule has 2 aliphatic rings. The Morgan fingerprint density at radius 2 is 1.70 bits per heavy atom. The Morgan fingerprint density at radius 3 is 2.30 bits per heavy atom. The summed E-state index contributed by atoms with van der Waals surface area (Å²) >= 11 is 6.54. The van der Waals surface area contributed by atoms with Crippen molar-refractivity contribution in [3.8, 4) is 22.9 Å². The zero-order chi connectivity index (χ0) is 38.1. The number of nitriles is 1. The van der Waals surface area contributed by atoms with Gasteiger partial charge in [-0.3, -0.25) is 9.69 Å². The monoisotopic (exact) mass is 750 g/mol. The van der Waals surface area contributed by atoms with Crippen LogP contribution in [0, 0.1) is 16.7 Å². The normalized spacial score (nSPS) is 18.8. The number of ether oxygens (including phenoxy) is 1. The number of fused-ring (bicyclic) bond motifs is 4. The van der Waals surface area contributed by atoms with Crippen molar-refractivity contribution in [2.45, 2.75) is 64.1 Å². The van der Waals surface area contributed by atoms with Crippen molar-refractivity contribution in [1.82, 2.24) is 30.3 Å². The molecule has 0 spiro atoms. The summed E-state index contributed by atoms with van der Waals surface area (Å²) in [5, 5.41) is 18.5. The van der Waals surface area contributed by atoms with E-state index in [2.05, 4.69) is 26.5 Å². The molecule has 2 amide bonds. The molecule has 11 nitrogen and oxygen atoms in total. The smallest absolute Gasteiger partial charge is 0.411 e. The Balaban J connectivity index is 1.44. The second-order valence-corrected chi connectivity index (χ2v) is 14.4. The number of rotatable bonds is 7. The molecule has 16 heteroatoms. The molecule has 276 valence electrons. The summed E-state index contributed by atoms with van der Waals surface area (Å²) in [7, 11) is 0. The van der Waals surface area contributed by atoms with Crippen LogP contribution in [-0.4, -0.2) is 62.5 Å². The van der Waals surface area contributed by atoms with Gasteiger partial charge >= 0.3 is 12.3 Å². The highest BCUT2D eigenvalue weighted by Crippen LogP contribution is 2.49. The van der Waals surface area contributed by atoms with E-state index in [0.717, 1.165) is 27.0 Å². The highest BCUT2D eigenvalue weighted by Gasteiger charge is 2.64. The highest BCUT2D eigenvalue weighted by atomic mass is 35.5. The molecule has 6 rings (SSSR count). The van der Waals surface area contributed by atoms with E-state index in [1.165, 1.54) is 12.1 Å². The number of aromatic nitrogens is 3. The second-order valence-electron chi connectivity index (χ2n) is 14.0. The van der Waals surface area contributed by atoms with Gasteiger partial charge in [0.25, 0.3) is 12.2 Å². The van der Waals surface area contributed by atoms with Gasteiger partial charge in [-0.05, 0) is 77.8 Å². The molecule has 1 saturated carbocycles. The number of nitrogens with zero attached hydrogens (tertiary/aromatic N) is 6. The van der Waals surface area contributed by atoms with Crippen LogP contribution in [0.25, 0.3) is 16.8 Å². The summed E-state index contributed by atoms with van der Waals surface area (Å²) in [6, 6.07) is 18.8. The first-order chi connectivity index (χ1) is 25.1. The van der Waals surface area contributed by atoms with E-state index in [4.69, 9.17) is 16.3 Å². The Labute approximate surface area is 307 Å². The van der Waals surface area contributed by atoms with Gasteiger partial charge in [0, 0.05) is 12.1 Å². The van der Waals surface area contributed by atoms with Gasteiger partial charge in [-0.25, -0.2) is 23.8 Å². The molecule has 2 heterocycles. The van der Waals surface area contributed by atoms with Crippen LogP contribution in [0.4, 0.5) is 22.4 Å². The van der Waals surface area contributed by atoms with Gasteiger partial charge in [0.05, 0.1) is 28.4 Å². The fourth-order valence-electron chi connectivity index (χ4n) is 5.78. The van der Waals surface area contributed by atoms with E-state index in [9.17, 15) is 28.0 Å².